The van der Waals surface area contributed by atoms with E-state index in [2.05, 4.69) is 19.2 Å². The van der Waals surface area contributed by atoms with Crippen molar-refractivity contribution >= 4 is 0 Å². The van der Waals surface area contributed by atoms with E-state index in [4.69, 9.17) is 9.47 Å². The van der Waals surface area contributed by atoms with Gasteiger partial charge < -0.3 is 19.9 Å². The molecule has 0 saturated carbocycles. The predicted octanol–water partition coefficient (Wildman–Crippen LogP) is 1.92. The molecule has 4 nitrogen and oxygen atoms in total. The molecule has 0 heterocycles. The molecule has 0 amide bonds. The zero-order valence-corrected chi connectivity index (χ0v) is 10.9. The molecule has 0 atom stereocenters. The standard InChI is InChI=1S/C13H21NO3/c1-13(2,9-16-3)14-8-10-5-6-11(17-4)7-12(10)15/h5-7,14-15H,8-9H2,1-4H3. The highest BCUT2D eigenvalue weighted by atomic mass is 16.5. The molecule has 0 aromatic heterocycles. The number of methoxy groups -OCH3 is 2. The minimum atomic E-state index is -0.124. The third kappa shape index (κ3) is 4.24. The van der Waals surface area contributed by atoms with E-state index in [9.17, 15) is 5.11 Å². The Kier molecular flexibility index (Phi) is 4.78. The topological polar surface area (TPSA) is 50.7 Å². The van der Waals surface area contributed by atoms with Gasteiger partial charge in [-0.2, -0.15) is 0 Å². The highest BCUT2D eigenvalue weighted by Crippen LogP contribution is 2.23. The van der Waals surface area contributed by atoms with Crippen LogP contribution in [-0.2, 0) is 11.3 Å². The van der Waals surface area contributed by atoms with Gasteiger partial charge in [-0.3, -0.25) is 0 Å². The molecule has 1 aromatic rings. The molecule has 0 aliphatic rings. The highest BCUT2D eigenvalue weighted by Gasteiger charge is 2.17. The fourth-order valence-electron chi connectivity index (χ4n) is 1.57. The minimum Gasteiger partial charge on any atom is -0.507 e. The lowest BCUT2D eigenvalue weighted by Gasteiger charge is -2.25. The smallest absolute Gasteiger partial charge is 0.123 e. The number of nitrogens with one attached hydrogen (secondary N) is 1. The SMILES string of the molecule is COCC(C)(C)NCc1ccc(OC)cc1O. The summed E-state index contributed by atoms with van der Waals surface area (Å²) in [6, 6.07) is 5.30. The molecular weight excluding hydrogens is 218 g/mol. The predicted molar refractivity (Wildman–Crippen MR) is 67.5 cm³/mol. The van der Waals surface area contributed by atoms with E-state index in [0.717, 1.165) is 5.56 Å². The average molecular weight is 239 g/mol. The summed E-state index contributed by atoms with van der Waals surface area (Å²) in [5, 5.41) is 13.1. The van der Waals surface area contributed by atoms with Crippen LogP contribution in [0.2, 0.25) is 0 Å². The molecule has 0 unspecified atom stereocenters. The van der Waals surface area contributed by atoms with Crippen LogP contribution >= 0.6 is 0 Å². The second-order valence-corrected chi connectivity index (χ2v) is 4.67. The van der Waals surface area contributed by atoms with Gasteiger partial charge in [-0.25, -0.2) is 0 Å². The maximum Gasteiger partial charge on any atom is 0.123 e. The molecule has 0 spiro atoms. The molecule has 96 valence electrons. The van der Waals surface area contributed by atoms with Crippen LogP contribution in [0.25, 0.3) is 0 Å². The second kappa shape index (κ2) is 5.89. The number of benzene rings is 1. The summed E-state index contributed by atoms with van der Waals surface area (Å²) in [5.74, 6) is 0.896. The molecule has 0 aliphatic carbocycles. The molecule has 1 aromatic carbocycles. The van der Waals surface area contributed by atoms with Crippen LogP contribution in [0.15, 0.2) is 18.2 Å². The zero-order valence-electron chi connectivity index (χ0n) is 10.9. The van der Waals surface area contributed by atoms with Crippen molar-refractivity contribution < 1.29 is 14.6 Å². The van der Waals surface area contributed by atoms with Gasteiger partial charge in [-0.05, 0) is 19.9 Å². The molecule has 1 rings (SSSR count). The molecule has 17 heavy (non-hydrogen) atoms. The fourth-order valence-corrected chi connectivity index (χ4v) is 1.57. The van der Waals surface area contributed by atoms with Crippen molar-refractivity contribution in [2.45, 2.75) is 25.9 Å². The zero-order chi connectivity index (χ0) is 12.9. The molecule has 0 saturated heterocycles. The first kappa shape index (κ1) is 13.8. The van der Waals surface area contributed by atoms with Gasteiger partial charge in [0.15, 0.2) is 0 Å². The molecule has 0 bridgehead atoms. The number of hydrogen-bond donors (Lipinski definition) is 2. The molecule has 0 fully saturated rings. The van der Waals surface area contributed by atoms with Crippen LogP contribution in [0, 0.1) is 0 Å². The van der Waals surface area contributed by atoms with E-state index in [1.807, 2.05) is 12.1 Å². The maximum absolute atomic E-state index is 9.80. The maximum atomic E-state index is 9.80. The van der Waals surface area contributed by atoms with Crippen LogP contribution in [0.4, 0.5) is 0 Å². The molecule has 0 radical (unpaired) electrons. The van der Waals surface area contributed by atoms with Gasteiger partial charge in [0.05, 0.1) is 13.7 Å². The Bertz CT molecular complexity index is 364. The van der Waals surface area contributed by atoms with Crippen LogP contribution in [-0.4, -0.2) is 31.5 Å². The second-order valence-electron chi connectivity index (χ2n) is 4.67. The van der Waals surface area contributed by atoms with Gasteiger partial charge in [-0.1, -0.05) is 6.07 Å². The Balaban J connectivity index is 2.63. The number of rotatable bonds is 6. The van der Waals surface area contributed by atoms with Gasteiger partial charge in [0.2, 0.25) is 0 Å². The number of hydrogen-bond acceptors (Lipinski definition) is 4. The largest absolute Gasteiger partial charge is 0.507 e. The molecule has 2 N–H and O–H groups in total. The summed E-state index contributed by atoms with van der Waals surface area (Å²) in [5.41, 5.74) is 0.719. The quantitative estimate of drug-likeness (QED) is 0.796. The fraction of sp³-hybridized carbons (Fsp3) is 0.538. The summed E-state index contributed by atoms with van der Waals surface area (Å²) in [4.78, 5) is 0. The van der Waals surface area contributed by atoms with E-state index >= 15 is 0 Å². The Morgan fingerprint density at radius 3 is 2.53 bits per heavy atom. The van der Waals surface area contributed by atoms with Crippen LogP contribution < -0.4 is 10.1 Å². The van der Waals surface area contributed by atoms with Crippen molar-refractivity contribution in [2.24, 2.45) is 0 Å². The van der Waals surface area contributed by atoms with Gasteiger partial charge >= 0.3 is 0 Å². The van der Waals surface area contributed by atoms with Crippen molar-refractivity contribution in [3.8, 4) is 11.5 Å². The lowest BCUT2D eigenvalue weighted by atomic mass is 10.1. The van der Waals surface area contributed by atoms with Gasteiger partial charge in [0.1, 0.15) is 11.5 Å². The number of phenols is 1. The Hall–Kier alpha value is -1.26. The number of ether oxygens (including phenoxy) is 2. The Morgan fingerprint density at radius 1 is 1.29 bits per heavy atom. The lowest BCUT2D eigenvalue weighted by molar-refractivity contribution is 0.127. The number of phenolic OH excluding ortho intramolecular Hbond substituents is 1. The van der Waals surface area contributed by atoms with E-state index in [1.165, 1.54) is 0 Å². The van der Waals surface area contributed by atoms with Crippen molar-refractivity contribution in [1.82, 2.24) is 5.32 Å². The minimum absolute atomic E-state index is 0.124. The first-order valence-corrected chi connectivity index (χ1v) is 5.58. The van der Waals surface area contributed by atoms with Gasteiger partial charge in [0, 0.05) is 30.8 Å². The highest BCUT2D eigenvalue weighted by molar-refractivity contribution is 5.39. The van der Waals surface area contributed by atoms with Crippen LogP contribution in [0.3, 0.4) is 0 Å². The normalized spacial score (nSPS) is 11.5. The third-order valence-electron chi connectivity index (χ3n) is 2.56. The van der Waals surface area contributed by atoms with Crippen molar-refractivity contribution in [1.29, 1.82) is 0 Å². The summed E-state index contributed by atoms with van der Waals surface area (Å²) in [6.07, 6.45) is 0. The third-order valence-corrected chi connectivity index (χ3v) is 2.56. The molecular formula is C13H21NO3. The van der Waals surface area contributed by atoms with Crippen LogP contribution in [0.5, 0.6) is 11.5 Å². The number of aromatic hydroxyl groups is 1. The van der Waals surface area contributed by atoms with Gasteiger partial charge in [-0.15, -0.1) is 0 Å². The first-order chi connectivity index (χ1) is 7.98. The van der Waals surface area contributed by atoms with Gasteiger partial charge in [0.25, 0.3) is 0 Å². The summed E-state index contributed by atoms with van der Waals surface area (Å²) < 4.78 is 10.2. The monoisotopic (exact) mass is 239 g/mol. The Morgan fingerprint density at radius 2 is 2.00 bits per heavy atom. The van der Waals surface area contributed by atoms with Crippen molar-refractivity contribution in [2.75, 3.05) is 20.8 Å². The van der Waals surface area contributed by atoms with E-state index in [0.29, 0.717) is 18.9 Å². The molecule has 0 aliphatic heterocycles. The Labute approximate surface area is 103 Å². The van der Waals surface area contributed by atoms with E-state index in [1.54, 1.807) is 20.3 Å². The van der Waals surface area contributed by atoms with E-state index in [-0.39, 0.29) is 11.3 Å². The summed E-state index contributed by atoms with van der Waals surface area (Å²) in [6.45, 7) is 5.31. The molecule has 4 heteroatoms. The van der Waals surface area contributed by atoms with E-state index < -0.39 is 0 Å². The lowest BCUT2D eigenvalue weighted by Crippen LogP contribution is -2.42. The van der Waals surface area contributed by atoms with Crippen molar-refractivity contribution in [3.63, 3.8) is 0 Å². The van der Waals surface area contributed by atoms with Crippen LogP contribution in [0.1, 0.15) is 19.4 Å². The first-order valence-electron chi connectivity index (χ1n) is 5.58. The summed E-state index contributed by atoms with van der Waals surface area (Å²) >= 11 is 0. The summed E-state index contributed by atoms with van der Waals surface area (Å²) in [7, 11) is 3.25. The van der Waals surface area contributed by atoms with Crippen molar-refractivity contribution in [3.05, 3.63) is 23.8 Å². The average Bonchev–Trinajstić information content (AvgIpc) is 2.27.